The fourth-order valence-corrected chi connectivity index (χ4v) is 3.38. The maximum Gasteiger partial charge on any atom is 0.224 e. The van der Waals surface area contributed by atoms with E-state index >= 15 is 0 Å². The molecule has 0 unspecified atom stereocenters. The predicted octanol–water partition coefficient (Wildman–Crippen LogP) is 3.24. The maximum absolute atomic E-state index is 12.5. The highest BCUT2D eigenvalue weighted by Crippen LogP contribution is 2.25. The van der Waals surface area contributed by atoms with E-state index in [0.29, 0.717) is 18.9 Å². The zero-order valence-electron chi connectivity index (χ0n) is 14.9. The van der Waals surface area contributed by atoms with Crippen LogP contribution in [0, 0.1) is 5.92 Å². The summed E-state index contributed by atoms with van der Waals surface area (Å²) in [6.07, 6.45) is 4.20. The Morgan fingerprint density at radius 1 is 1.20 bits per heavy atom. The van der Waals surface area contributed by atoms with Crippen LogP contribution in [0.2, 0.25) is 0 Å². The van der Waals surface area contributed by atoms with Crippen LogP contribution in [0.1, 0.15) is 33.1 Å². The molecule has 0 bridgehead atoms. The SMILES string of the molecule is CC(=O)N(CCC(=O)N1CCC(C)CC1)c1cccc2cccnc12. The Labute approximate surface area is 148 Å². The Morgan fingerprint density at radius 2 is 1.92 bits per heavy atom. The molecule has 2 amide bonds. The highest BCUT2D eigenvalue weighted by atomic mass is 16.2. The van der Waals surface area contributed by atoms with E-state index in [2.05, 4.69) is 11.9 Å². The zero-order valence-corrected chi connectivity index (χ0v) is 14.9. The van der Waals surface area contributed by atoms with Crippen molar-refractivity contribution in [2.45, 2.75) is 33.1 Å². The molecule has 0 radical (unpaired) electrons. The molecule has 1 saturated heterocycles. The van der Waals surface area contributed by atoms with Gasteiger partial charge in [0.05, 0.1) is 11.2 Å². The van der Waals surface area contributed by atoms with Gasteiger partial charge in [-0.3, -0.25) is 14.6 Å². The number of fused-ring (bicyclic) bond motifs is 1. The Morgan fingerprint density at radius 3 is 2.64 bits per heavy atom. The van der Waals surface area contributed by atoms with Crippen LogP contribution in [0.3, 0.4) is 0 Å². The number of hydrogen-bond acceptors (Lipinski definition) is 3. The van der Waals surface area contributed by atoms with Gasteiger partial charge in [0, 0.05) is 44.6 Å². The minimum atomic E-state index is -0.0711. The predicted molar refractivity (Wildman–Crippen MR) is 99.4 cm³/mol. The van der Waals surface area contributed by atoms with Gasteiger partial charge in [-0.1, -0.05) is 25.1 Å². The molecule has 2 aromatic rings. The first kappa shape index (κ1) is 17.4. The van der Waals surface area contributed by atoms with Crippen molar-refractivity contribution >= 4 is 28.4 Å². The standard InChI is InChI=1S/C20H25N3O2/c1-15-8-12-22(13-9-15)19(25)10-14-23(16(2)24)18-7-3-5-17-6-4-11-21-20(17)18/h3-7,11,15H,8-10,12-14H2,1-2H3. The van der Waals surface area contributed by atoms with Crippen LogP contribution in [-0.4, -0.2) is 41.3 Å². The molecule has 1 fully saturated rings. The van der Waals surface area contributed by atoms with E-state index in [1.54, 1.807) is 11.1 Å². The van der Waals surface area contributed by atoms with Gasteiger partial charge in [-0.25, -0.2) is 0 Å². The number of benzene rings is 1. The van der Waals surface area contributed by atoms with E-state index in [4.69, 9.17) is 0 Å². The third-order valence-electron chi connectivity index (χ3n) is 4.97. The normalized spacial score (nSPS) is 15.4. The first-order valence-corrected chi connectivity index (χ1v) is 8.96. The van der Waals surface area contributed by atoms with E-state index in [9.17, 15) is 9.59 Å². The zero-order chi connectivity index (χ0) is 17.8. The van der Waals surface area contributed by atoms with Crippen molar-refractivity contribution < 1.29 is 9.59 Å². The van der Waals surface area contributed by atoms with Crippen LogP contribution in [0.4, 0.5) is 5.69 Å². The van der Waals surface area contributed by atoms with Gasteiger partial charge < -0.3 is 9.80 Å². The molecule has 3 rings (SSSR count). The molecule has 132 valence electrons. The molecule has 1 aliphatic rings. The quantitative estimate of drug-likeness (QED) is 0.859. The molecule has 5 nitrogen and oxygen atoms in total. The molecular weight excluding hydrogens is 314 g/mol. The lowest BCUT2D eigenvalue weighted by atomic mass is 9.99. The largest absolute Gasteiger partial charge is 0.343 e. The van der Waals surface area contributed by atoms with Crippen molar-refractivity contribution in [2.24, 2.45) is 5.92 Å². The van der Waals surface area contributed by atoms with Crippen molar-refractivity contribution in [1.29, 1.82) is 0 Å². The second-order valence-corrected chi connectivity index (χ2v) is 6.84. The second-order valence-electron chi connectivity index (χ2n) is 6.84. The number of pyridine rings is 1. The number of amides is 2. The Kier molecular flexibility index (Phi) is 5.31. The van der Waals surface area contributed by atoms with Gasteiger partial charge in [0.25, 0.3) is 0 Å². The summed E-state index contributed by atoms with van der Waals surface area (Å²) in [4.78, 5) is 32.7. The molecule has 0 saturated carbocycles. The number of rotatable bonds is 4. The highest BCUT2D eigenvalue weighted by Gasteiger charge is 2.22. The van der Waals surface area contributed by atoms with Crippen molar-refractivity contribution in [3.63, 3.8) is 0 Å². The summed E-state index contributed by atoms with van der Waals surface area (Å²) in [5, 5.41) is 0.989. The lowest BCUT2D eigenvalue weighted by Crippen LogP contribution is -2.40. The number of piperidine rings is 1. The fourth-order valence-electron chi connectivity index (χ4n) is 3.38. The van der Waals surface area contributed by atoms with Crippen LogP contribution in [0.5, 0.6) is 0 Å². The molecule has 25 heavy (non-hydrogen) atoms. The average Bonchev–Trinajstić information content (AvgIpc) is 2.62. The average molecular weight is 339 g/mol. The van der Waals surface area contributed by atoms with Crippen LogP contribution in [-0.2, 0) is 9.59 Å². The molecule has 5 heteroatoms. The lowest BCUT2D eigenvalue weighted by molar-refractivity contribution is -0.132. The minimum Gasteiger partial charge on any atom is -0.343 e. The number of anilines is 1. The van der Waals surface area contributed by atoms with Crippen LogP contribution in [0.15, 0.2) is 36.5 Å². The summed E-state index contributed by atoms with van der Waals surface area (Å²) < 4.78 is 0. The maximum atomic E-state index is 12.5. The van der Waals surface area contributed by atoms with Gasteiger partial charge in [-0.2, -0.15) is 0 Å². The summed E-state index contributed by atoms with van der Waals surface area (Å²) in [6.45, 7) is 5.81. The third kappa shape index (κ3) is 3.98. The molecule has 2 heterocycles. The molecule has 1 aromatic carbocycles. The van der Waals surface area contributed by atoms with E-state index in [1.807, 2.05) is 35.2 Å². The molecule has 1 aliphatic heterocycles. The van der Waals surface area contributed by atoms with E-state index in [0.717, 1.165) is 42.5 Å². The van der Waals surface area contributed by atoms with Crippen LogP contribution >= 0.6 is 0 Å². The number of hydrogen-bond donors (Lipinski definition) is 0. The molecule has 0 spiro atoms. The number of likely N-dealkylation sites (tertiary alicyclic amines) is 1. The van der Waals surface area contributed by atoms with Gasteiger partial charge in [-0.05, 0) is 30.9 Å². The summed E-state index contributed by atoms with van der Waals surface area (Å²) >= 11 is 0. The summed E-state index contributed by atoms with van der Waals surface area (Å²) in [5.41, 5.74) is 1.56. The monoisotopic (exact) mass is 339 g/mol. The lowest BCUT2D eigenvalue weighted by Gasteiger charge is -2.31. The first-order chi connectivity index (χ1) is 12.1. The number of nitrogens with zero attached hydrogens (tertiary/aromatic N) is 3. The molecule has 0 aliphatic carbocycles. The Hall–Kier alpha value is -2.43. The van der Waals surface area contributed by atoms with Gasteiger partial charge in [0.15, 0.2) is 0 Å². The van der Waals surface area contributed by atoms with E-state index < -0.39 is 0 Å². The fraction of sp³-hybridized carbons (Fsp3) is 0.450. The van der Waals surface area contributed by atoms with Gasteiger partial charge in [-0.15, -0.1) is 0 Å². The molecular formula is C20H25N3O2. The van der Waals surface area contributed by atoms with Crippen LogP contribution in [0.25, 0.3) is 10.9 Å². The van der Waals surface area contributed by atoms with Gasteiger partial charge in [0.1, 0.15) is 0 Å². The highest BCUT2D eigenvalue weighted by molar-refractivity contribution is 6.01. The Bertz CT molecular complexity index is 761. The second kappa shape index (κ2) is 7.64. The number of para-hydroxylation sites is 1. The van der Waals surface area contributed by atoms with Gasteiger partial charge >= 0.3 is 0 Å². The molecule has 0 atom stereocenters. The van der Waals surface area contributed by atoms with Crippen molar-refractivity contribution in [3.8, 4) is 0 Å². The van der Waals surface area contributed by atoms with Crippen molar-refractivity contribution in [3.05, 3.63) is 36.5 Å². The number of carbonyl (C=O) groups excluding carboxylic acids is 2. The minimum absolute atomic E-state index is 0.0711. The molecule has 0 N–H and O–H groups in total. The number of carbonyl (C=O) groups is 2. The third-order valence-corrected chi connectivity index (χ3v) is 4.97. The summed E-state index contributed by atoms with van der Waals surface area (Å²) in [7, 11) is 0. The van der Waals surface area contributed by atoms with Crippen molar-refractivity contribution in [1.82, 2.24) is 9.88 Å². The smallest absolute Gasteiger partial charge is 0.224 e. The van der Waals surface area contributed by atoms with E-state index in [-0.39, 0.29) is 11.8 Å². The molecule has 1 aromatic heterocycles. The van der Waals surface area contributed by atoms with Crippen molar-refractivity contribution in [2.75, 3.05) is 24.5 Å². The van der Waals surface area contributed by atoms with Gasteiger partial charge in [0.2, 0.25) is 11.8 Å². The first-order valence-electron chi connectivity index (χ1n) is 8.96. The number of aromatic nitrogens is 1. The topological polar surface area (TPSA) is 53.5 Å². The summed E-state index contributed by atoms with van der Waals surface area (Å²) in [5.74, 6) is 0.754. The Balaban J connectivity index is 1.73. The van der Waals surface area contributed by atoms with E-state index in [1.165, 1.54) is 6.92 Å². The van der Waals surface area contributed by atoms with Crippen LogP contribution < -0.4 is 4.90 Å². The summed E-state index contributed by atoms with van der Waals surface area (Å²) in [6, 6.07) is 9.65.